The topological polar surface area (TPSA) is 66.5 Å². The molecule has 0 radical (unpaired) electrons. The molecular formula is C20H18ClFN2O3S2. The summed E-state index contributed by atoms with van der Waals surface area (Å²) in [5, 5.41) is 7.27. The SMILES string of the molecule is CN(CC(=O)NC(c1ccc(Cl)cc1)c1ccsc1)S(=O)(=O)c1ccc(F)cc1. The van der Waals surface area contributed by atoms with Crippen molar-refractivity contribution in [2.45, 2.75) is 10.9 Å². The molecule has 1 aromatic heterocycles. The molecule has 0 aliphatic heterocycles. The first-order chi connectivity index (χ1) is 13.8. The lowest BCUT2D eigenvalue weighted by molar-refractivity contribution is -0.121. The van der Waals surface area contributed by atoms with E-state index in [0.29, 0.717) is 5.02 Å². The van der Waals surface area contributed by atoms with Gasteiger partial charge in [-0.15, -0.1) is 0 Å². The van der Waals surface area contributed by atoms with Gasteiger partial charge in [-0.3, -0.25) is 4.79 Å². The molecule has 1 N–H and O–H groups in total. The number of amides is 1. The Labute approximate surface area is 177 Å². The zero-order valence-electron chi connectivity index (χ0n) is 15.4. The number of hydrogen-bond acceptors (Lipinski definition) is 4. The maximum absolute atomic E-state index is 13.1. The third-order valence-electron chi connectivity index (χ3n) is 4.27. The number of benzene rings is 2. The second-order valence-electron chi connectivity index (χ2n) is 6.32. The van der Waals surface area contributed by atoms with Crippen LogP contribution in [0.5, 0.6) is 0 Å². The van der Waals surface area contributed by atoms with Gasteiger partial charge in [0.2, 0.25) is 15.9 Å². The minimum atomic E-state index is -3.92. The third-order valence-corrected chi connectivity index (χ3v) is 7.04. The maximum Gasteiger partial charge on any atom is 0.243 e. The van der Waals surface area contributed by atoms with Crippen LogP contribution in [-0.2, 0) is 14.8 Å². The van der Waals surface area contributed by atoms with Crippen molar-refractivity contribution in [3.8, 4) is 0 Å². The molecule has 3 aromatic rings. The van der Waals surface area contributed by atoms with Crippen molar-refractivity contribution in [1.29, 1.82) is 0 Å². The molecule has 9 heteroatoms. The van der Waals surface area contributed by atoms with Crippen LogP contribution in [-0.4, -0.2) is 32.2 Å². The number of halogens is 2. The van der Waals surface area contributed by atoms with Gasteiger partial charge >= 0.3 is 0 Å². The molecule has 5 nitrogen and oxygen atoms in total. The van der Waals surface area contributed by atoms with Crippen LogP contribution >= 0.6 is 22.9 Å². The fourth-order valence-electron chi connectivity index (χ4n) is 2.73. The van der Waals surface area contributed by atoms with Crippen molar-refractivity contribution in [2.75, 3.05) is 13.6 Å². The van der Waals surface area contributed by atoms with Gasteiger partial charge in [0, 0.05) is 12.1 Å². The lowest BCUT2D eigenvalue weighted by Crippen LogP contribution is -2.40. The number of carbonyl (C=O) groups is 1. The van der Waals surface area contributed by atoms with Gasteiger partial charge in [-0.25, -0.2) is 12.8 Å². The minimum absolute atomic E-state index is 0.0821. The van der Waals surface area contributed by atoms with Crippen molar-refractivity contribution in [2.24, 2.45) is 0 Å². The van der Waals surface area contributed by atoms with Crippen LogP contribution in [0.4, 0.5) is 4.39 Å². The predicted octanol–water partition coefficient (Wildman–Crippen LogP) is 4.07. The van der Waals surface area contributed by atoms with Crippen LogP contribution in [0.3, 0.4) is 0 Å². The van der Waals surface area contributed by atoms with E-state index in [2.05, 4.69) is 5.32 Å². The molecule has 1 heterocycles. The molecule has 0 spiro atoms. The van der Waals surface area contributed by atoms with Gasteiger partial charge in [0.25, 0.3) is 0 Å². The van der Waals surface area contributed by atoms with Gasteiger partial charge in [-0.1, -0.05) is 23.7 Å². The van der Waals surface area contributed by atoms with E-state index in [9.17, 15) is 17.6 Å². The van der Waals surface area contributed by atoms with Crippen molar-refractivity contribution >= 4 is 38.9 Å². The van der Waals surface area contributed by atoms with E-state index < -0.39 is 27.8 Å². The summed E-state index contributed by atoms with van der Waals surface area (Å²) in [7, 11) is -2.61. The zero-order valence-corrected chi connectivity index (χ0v) is 17.8. The Hall–Kier alpha value is -2.26. The van der Waals surface area contributed by atoms with E-state index in [0.717, 1.165) is 27.6 Å². The second-order valence-corrected chi connectivity index (χ2v) is 9.59. The highest BCUT2D eigenvalue weighted by atomic mass is 35.5. The molecule has 1 unspecified atom stereocenters. The quantitative estimate of drug-likeness (QED) is 0.587. The fourth-order valence-corrected chi connectivity index (χ4v) is 4.67. The van der Waals surface area contributed by atoms with Crippen molar-refractivity contribution in [1.82, 2.24) is 9.62 Å². The maximum atomic E-state index is 13.1. The molecule has 0 saturated carbocycles. The van der Waals surface area contributed by atoms with Crippen LogP contribution < -0.4 is 5.32 Å². The summed E-state index contributed by atoms with van der Waals surface area (Å²) in [5.74, 6) is -1.00. The molecule has 2 aromatic carbocycles. The van der Waals surface area contributed by atoms with Crippen molar-refractivity contribution in [3.63, 3.8) is 0 Å². The summed E-state index contributed by atoms with van der Waals surface area (Å²) < 4.78 is 39.2. The number of nitrogens with one attached hydrogen (secondary N) is 1. The van der Waals surface area contributed by atoms with Gasteiger partial charge < -0.3 is 5.32 Å². The van der Waals surface area contributed by atoms with Gasteiger partial charge in [0.05, 0.1) is 17.5 Å². The number of rotatable bonds is 7. The lowest BCUT2D eigenvalue weighted by Gasteiger charge is -2.21. The summed E-state index contributed by atoms with van der Waals surface area (Å²) in [6, 6.07) is 13.0. The molecule has 152 valence electrons. The number of carbonyl (C=O) groups excluding carboxylic acids is 1. The first-order valence-corrected chi connectivity index (χ1v) is 11.3. The van der Waals surface area contributed by atoms with Crippen LogP contribution in [0.15, 0.2) is 70.3 Å². The Kier molecular flexibility index (Phi) is 6.69. The standard InChI is InChI=1S/C20H18ClFN2O3S2/c1-24(29(26,27)18-8-6-17(22)7-9-18)12-19(25)23-20(15-10-11-28-13-15)14-2-4-16(21)5-3-14/h2-11,13,20H,12H2,1H3,(H,23,25). The Morgan fingerprint density at radius 1 is 1.10 bits per heavy atom. The number of likely N-dealkylation sites (N-methyl/N-ethyl adjacent to an activating group) is 1. The Morgan fingerprint density at radius 2 is 1.76 bits per heavy atom. The molecule has 0 bridgehead atoms. The highest BCUT2D eigenvalue weighted by Gasteiger charge is 2.25. The largest absolute Gasteiger partial charge is 0.344 e. The predicted molar refractivity (Wildman–Crippen MR) is 112 cm³/mol. The zero-order chi connectivity index (χ0) is 21.0. The average Bonchev–Trinajstić information content (AvgIpc) is 3.21. The van der Waals surface area contributed by atoms with Crippen LogP contribution in [0.2, 0.25) is 5.02 Å². The number of hydrogen-bond donors (Lipinski definition) is 1. The highest BCUT2D eigenvalue weighted by molar-refractivity contribution is 7.89. The third kappa shape index (κ3) is 5.22. The number of sulfonamides is 1. The van der Waals surface area contributed by atoms with Crippen molar-refractivity contribution in [3.05, 3.63) is 87.3 Å². The fraction of sp³-hybridized carbons (Fsp3) is 0.150. The van der Waals surface area contributed by atoms with Crippen LogP contribution in [0.1, 0.15) is 17.2 Å². The van der Waals surface area contributed by atoms with Crippen molar-refractivity contribution < 1.29 is 17.6 Å². The van der Waals surface area contributed by atoms with E-state index in [1.54, 1.807) is 12.1 Å². The first-order valence-electron chi connectivity index (χ1n) is 8.56. The number of thiophene rings is 1. The van der Waals surface area contributed by atoms with E-state index in [1.807, 2.05) is 29.0 Å². The molecule has 0 saturated heterocycles. The van der Waals surface area contributed by atoms with E-state index in [-0.39, 0.29) is 11.4 Å². The molecule has 0 aliphatic rings. The lowest BCUT2D eigenvalue weighted by atomic mass is 10.0. The van der Waals surface area contributed by atoms with Gasteiger partial charge in [0.15, 0.2) is 0 Å². The smallest absolute Gasteiger partial charge is 0.243 e. The molecule has 1 atom stereocenters. The molecule has 0 fully saturated rings. The Bertz CT molecular complexity index is 1070. The second kappa shape index (κ2) is 9.04. The van der Waals surface area contributed by atoms with Gasteiger partial charge in [-0.2, -0.15) is 15.6 Å². The number of nitrogens with zero attached hydrogens (tertiary/aromatic N) is 1. The van der Waals surface area contributed by atoms with Gasteiger partial charge in [0.1, 0.15) is 5.82 Å². The van der Waals surface area contributed by atoms with Gasteiger partial charge in [-0.05, 0) is 64.4 Å². The Balaban J connectivity index is 1.76. The normalized spacial score (nSPS) is 12.7. The molecule has 29 heavy (non-hydrogen) atoms. The van der Waals surface area contributed by atoms with Crippen LogP contribution in [0.25, 0.3) is 0 Å². The van der Waals surface area contributed by atoms with E-state index in [1.165, 1.54) is 30.5 Å². The molecule has 0 aliphatic carbocycles. The minimum Gasteiger partial charge on any atom is -0.344 e. The molecule has 3 rings (SSSR count). The van der Waals surface area contributed by atoms with E-state index in [4.69, 9.17) is 11.6 Å². The van der Waals surface area contributed by atoms with E-state index >= 15 is 0 Å². The summed E-state index contributed by atoms with van der Waals surface area (Å²) in [4.78, 5) is 12.5. The molecular weight excluding hydrogens is 435 g/mol. The average molecular weight is 453 g/mol. The summed E-state index contributed by atoms with van der Waals surface area (Å²) in [6.45, 7) is -0.381. The molecule has 1 amide bonds. The monoisotopic (exact) mass is 452 g/mol. The van der Waals surface area contributed by atoms with Crippen LogP contribution in [0, 0.1) is 5.82 Å². The Morgan fingerprint density at radius 3 is 2.34 bits per heavy atom. The summed E-state index contributed by atoms with van der Waals surface area (Å²) >= 11 is 7.45. The highest BCUT2D eigenvalue weighted by Crippen LogP contribution is 2.25. The summed E-state index contributed by atoms with van der Waals surface area (Å²) in [6.07, 6.45) is 0. The first kappa shape index (κ1) is 21.4. The summed E-state index contributed by atoms with van der Waals surface area (Å²) in [5.41, 5.74) is 1.71.